The van der Waals surface area contributed by atoms with Crippen molar-refractivity contribution in [1.29, 1.82) is 0 Å². The van der Waals surface area contributed by atoms with Crippen molar-refractivity contribution in [1.82, 2.24) is 0 Å². The molecular formula is C7Cl11. The molecule has 11 heteroatoms. The van der Waals surface area contributed by atoms with E-state index in [9.17, 15) is 0 Å². The summed E-state index contributed by atoms with van der Waals surface area (Å²) in [5.41, 5.74) is 0. The van der Waals surface area contributed by atoms with Crippen LogP contribution in [0.25, 0.3) is 0 Å². The minimum absolute atomic E-state index is 0.345. The van der Waals surface area contributed by atoms with E-state index >= 15 is 0 Å². The molecule has 0 aromatic heterocycles. The summed E-state index contributed by atoms with van der Waals surface area (Å²) in [5, 5.41) is -0.345. The third-order valence-electron chi connectivity index (χ3n) is 3.14. The zero-order valence-electron chi connectivity index (χ0n) is 7.66. The van der Waals surface area contributed by atoms with Crippen LogP contribution in [0.1, 0.15) is 0 Å². The highest BCUT2D eigenvalue weighted by Crippen LogP contribution is 2.88. The van der Waals surface area contributed by atoms with Gasteiger partial charge in [0, 0.05) is 0 Å². The highest BCUT2D eigenvalue weighted by atomic mass is 35.6. The van der Waals surface area contributed by atoms with Gasteiger partial charge < -0.3 is 0 Å². The first kappa shape index (κ1) is 17.5. The van der Waals surface area contributed by atoms with Crippen LogP contribution in [0.3, 0.4) is 0 Å². The molecule has 2 rings (SSSR count). The molecule has 0 heterocycles. The molecule has 0 aromatic rings. The van der Waals surface area contributed by atoms with E-state index in [0.717, 1.165) is 0 Å². The molecular weight excluding hydrogens is 474 g/mol. The summed E-state index contributed by atoms with van der Waals surface area (Å²) in [6.07, 6.45) is 0. The molecule has 0 saturated heterocycles. The van der Waals surface area contributed by atoms with Gasteiger partial charge in [0.2, 0.25) is 0 Å². The number of alkyl halides is 10. The molecule has 0 amide bonds. The number of hydrogen-bond acceptors (Lipinski definition) is 0. The molecule has 2 atom stereocenters. The largest absolute Gasteiger partial charge is 0.177 e. The monoisotopic (exact) mass is 469 g/mol. The van der Waals surface area contributed by atoms with Crippen molar-refractivity contribution in [3.63, 3.8) is 0 Å². The first-order chi connectivity index (χ1) is 7.65. The highest BCUT2D eigenvalue weighted by Gasteiger charge is 3.00. The van der Waals surface area contributed by atoms with Gasteiger partial charge >= 0.3 is 0 Å². The smallest absolute Gasteiger partial charge is 0.112 e. The summed E-state index contributed by atoms with van der Waals surface area (Å²) in [7, 11) is 0. The maximum Gasteiger partial charge on any atom is 0.177 e. The number of halogens is 11. The summed E-state index contributed by atoms with van der Waals surface area (Å²) in [4.78, 5) is -4.19. The molecule has 2 aliphatic carbocycles. The summed E-state index contributed by atoms with van der Waals surface area (Å²) in [5.74, 6) is 0. The summed E-state index contributed by atoms with van der Waals surface area (Å²) in [6.45, 7) is 0. The van der Waals surface area contributed by atoms with Gasteiger partial charge in [0.15, 0.2) is 17.3 Å². The fraction of sp³-hybridized carbons (Fsp3) is 0.857. The average Bonchev–Trinajstić information content (AvgIpc) is 2.32. The molecule has 0 N–H and O–H groups in total. The van der Waals surface area contributed by atoms with E-state index in [0.29, 0.717) is 0 Å². The lowest BCUT2D eigenvalue weighted by Crippen LogP contribution is -2.64. The predicted octanol–water partition coefficient (Wildman–Crippen LogP) is 6.44. The van der Waals surface area contributed by atoms with E-state index in [1.807, 2.05) is 0 Å². The van der Waals surface area contributed by atoms with Gasteiger partial charge in [-0.25, -0.2) is 0 Å². The lowest BCUT2D eigenvalue weighted by molar-refractivity contribution is 0.499. The molecule has 2 bridgehead atoms. The van der Waals surface area contributed by atoms with Gasteiger partial charge in [-0.3, -0.25) is 0 Å². The van der Waals surface area contributed by atoms with Crippen molar-refractivity contribution >= 4 is 128 Å². The van der Waals surface area contributed by atoms with Crippen LogP contribution < -0.4 is 0 Å². The molecule has 2 unspecified atom stereocenters. The van der Waals surface area contributed by atoms with Crippen LogP contribution in [0.5, 0.6) is 0 Å². The molecule has 0 aliphatic heterocycles. The maximum absolute atomic E-state index is 6.29. The second-order valence-electron chi connectivity index (χ2n) is 3.93. The molecule has 2 aliphatic rings. The number of rotatable bonds is 0. The molecule has 2 saturated carbocycles. The second kappa shape index (κ2) is 4.18. The van der Waals surface area contributed by atoms with Crippen LogP contribution in [-0.2, 0) is 0 Å². The Hall–Kier alpha value is 3.19. The standard InChI is InChI=1S/C7Cl11/c8-1-2(9)5(13,14)4(12,3(1,10)11)7(17,18)6(2,15)16. The van der Waals surface area contributed by atoms with Crippen molar-refractivity contribution in [2.75, 3.05) is 0 Å². The van der Waals surface area contributed by atoms with Crippen molar-refractivity contribution < 1.29 is 0 Å². The van der Waals surface area contributed by atoms with E-state index in [1.165, 1.54) is 0 Å². The van der Waals surface area contributed by atoms with Crippen LogP contribution in [0.2, 0.25) is 0 Å². The zero-order chi connectivity index (χ0) is 14.6. The van der Waals surface area contributed by atoms with Gasteiger partial charge in [-0.15, -0.1) is 34.8 Å². The van der Waals surface area contributed by atoms with Crippen LogP contribution in [0, 0.1) is 5.38 Å². The molecule has 18 heavy (non-hydrogen) atoms. The van der Waals surface area contributed by atoms with Crippen molar-refractivity contribution in [2.24, 2.45) is 0 Å². The van der Waals surface area contributed by atoms with Crippen molar-refractivity contribution in [3.8, 4) is 0 Å². The fourth-order valence-electron chi connectivity index (χ4n) is 2.10. The van der Waals surface area contributed by atoms with Crippen LogP contribution in [0.15, 0.2) is 0 Å². The van der Waals surface area contributed by atoms with E-state index in [1.54, 1.807) is 0 Å². The van der Waals surface area contributed by atoms with Crippen LogP contribution in [-0.4, -0.2) is 27.1 Å². The molecule has 1 radical (unpaired) electrons. The van der Waals surface area contributed by atoms with Gasteiger partial charge in [-0.1, -0.05) is 92.8 Å². The topological polar surface area (TPSA) is 0 Å². The minimum Gasteiger partial charge on any atom is -0.112 e. The maximum atomic E-state index is 6.29. The molecule has 2 fully saturated rings. The molecule has 0 spiro atoms. The minimum atomic E-state index is -2.17. The van der Waals surface area contributed by atoms with E-state index < -0.39 is 27.1 Å². The lowest BCUT2D eigenvalue weighted by Gasteiger charge is -2.49. The third kappa shape index (κ3) is 1.33. The Morgan fingerprint density at radius 1 is 0.556 bits per heavy atom. The number of hydrogen-bond donors (Lipinski definition) is 0. The first-order valence-electron chi connectivity index (χ1n) is 4.08. The Morgan fingerprint density at radius 2 is 0.944 bits per heavy atom. The van der Waals surface area contributed by atoms with Gasteiger partial charge in [-0.05, 0) is 0 Å². The quantitative estimate of drug-likeness (QED) is 0.355. The Kier molecular flexibility index (Phi) is 4.07. The Labute approximate surface area is 158 Å². The fourth-order valence-corrected chi connectivity index (χ4v) is 8.18. The van der Waals surface area contributed by atoms with Gasteiger partial charge in [0.05, 0.1) is 0 Å². The van der Waals surface area contributed by atoms with Gasteiger partial charge in [-0.2, -0.15) is 0 Å². The second-order valence-corrected chi connectivity index (χ2v) is 10.7. The highest BCUT2D eigenvalue weighted by molar-refractivity contribution is 6.80. The lowest BCUT2D eigenvalue weighted by atomic mass is 9.95. The SMILES string of the molecule is Cl[C]1C(Cl)(Cl)C2(Cl)C(Cl)(Cl)C(Cl)(Cl)C1(Cl)C2(Cl)Cl. The normalized spacial score (nSPS) is 47.5. The summed E-state index contributed by atoms with van der Waals surface area (Å²) in [6, 6.07) is 0. The summed E-state index contributed by atoms with van der Waals surface area (Å²) < 4.78 is -8.45. The van der Waals surface area contributed by atoms with Crippen LogP contribution >= 0.6 is 128 Å². The van der Waals surface area contributed by atoms with E-state index in [4.69, 9.17) is 128 Å². The van der Waals surface area contributed by atoms with Crippen LogP contribution in [0.4, 0.5) is 0 Å². The summed E-state index contributed by atoms with van der Waals surface area (Å²) >= 11 is 67.4. The molecule has 0 nitrogen and oxygen atoms in total. The number of fused-ring (bicyclic) bond motifs is 2. The van der Waals surface area contributed by atoms with Gasteiger partial charge in [0.25, 0.3) is 0 Å². The Balaban J connectivity index is 2.90. The Bertz CT molecular complexity index is 414. The Morgan fingerprint density at radius 3 is 1.22 bits per heavy atom. The predicted molar refractivity (Wildman–Crippen MR) is 84.0 cm³/mol. The molecule has 105 valence electrons. The van der Waals surface area contributed by atoms with E-state index in [-0.39, 0.29) is 5.38 Å². The average molecular weight is 474 g/mol. The van der Waals surface area contributed by atoms with E-state index in [2.05, 4.69) is 0 Å². The van der Waals surface area contributed by atoms with Crippen molar-refractivity contribution in [3.05, 3.63) is 5.38 Å². The molecule has 0 aromatic carbocycles. The van der Waals surface area contributed by atoms with Gasteiger partial charge in [0.1, 0.15) is 15.1 Å². The van der Waals surface area contributed by atoms with Crippen molar-refractivity contribution in [2.45, 2.75) is 27.1 Å². The third-order valence-corrected chi connectivity index (χ3v) is 11.3. The zero-order valence-corrected chi connectivity index (χ0v) is 16.0. The first-order valence-corrected chi connectivity index (χ1v) is 8.24.